The third-order valence-corrected chi connectivity index (χ3v) is 6.55. The van der Waals surface area contributed by atoms with Crippen LogP contribution in [-0.2, 0) is 12.3 Å². The summed E-state index contributed by atoms with van der Waals surface area (Å²) in [6.45, 7) is 2.56. The molecule has 1 heterocycles. The van der Waals surface area contributed by atoms with E-state index in [4.69, 9.17) is 16.6 Å². The average molecular weight is 435 g/mol. The predicted molar refractivity (Wildman–Crippen MR) is 126 cm³/mol. The number of benzene rings is 3. The molecular weight excluding hydrogens is 412 g/mol. The molecule has 30 heavy (non-hydrogen) atoms. The Kier molecular flexibility index (Phi) is 6.56. The molecule has 5 heteroatoms. The van der Waals surface area contributed by atoms with Crippen LogP contribution in [0.15, 0.2) is 76.6 Å². The molecule has 1 amide bonds. The minimum absolute atomic E-state index is 0.127. The third kappa shape index (κ3) is 4.61. The SMILES string of the molecule is CCCC1=Nc2cc(C(=O)NCc3ccccc3Cl)ccc2SCc2ccccc21. The third-order valence-electron chi connectivity index (χ3n) is 5.07. The van der Waals surface area contributed by atoms with Crippen LogP contribution in [0, 0.1) is 0 Å². The van der Waals surface area contributed by atoms with E-state index in [1.54, 1.807) is 11.8 Å². The Labute approximate surface area is 186 Å². The summed E-state index contributed by atoms with van der Waals surface area (Å²) in [5, 5.41) is 3.62. The predicted octanol–water partition coefficient (Wildman–Crippen LogP) is 6.80. The Hall–Kier alpha value is -2.56. The zero-order chi connectivity index (χ0) is 20.9. The zero-order valence-corrected chi connectivity index (χ0v) is 18.4. The number of thioether (sulfide) groups is 1. The number of carbonyl (C=O) groups excluding carboxylic acids is 1. The van der Waals surface area contributed by atoms with Crippen LogP contribution in [0.5, 0.6) is 0 Å². The van der Waals surface area contributed by atoms with Gasteiger partial charge in [0.2, 0.25) is 0 Å². The maximum absolute atomic E-state index is 12.8. The van der Waals surface area contributed by atoms with Crippen molar-refractivity contribution in [3.8, 4) is 0 Å². The first kappa shape index (κ1) is 20.7. The summed E-state index contributed by atoms with van der Waals surface area (Å²) in [7, 11) is 0. The van der Waals surface area contributed by atoms with Crippen molar-refractivity contribution in [2.75, 3.05) is 0 Å². The molecule has 152 valence electrons. The smallest absolute Gasteiger partial charge is 0.251 e. The lowest BCUT2D eigenvalue weighted by Gasteiger charge is -2.17. The van der Waals surface area contributed by atoms with Crippen molar-refractivity contribution < 1.29 is 4.79 Å². The Balaban J connectivity index is 1.62. The molecule has 1 aliphatic rings. The number of halogens is 1. The van der Waals surface area contributed by atoms with Crippen LogP contribution in [0.3, 0.4) is 0 Å². The van der Waals surface area contributed by atoms with Gasteiger partial charge in [-0.2, -0.15) is 0 Å². The van der Waals surface area contributed by atoms with Crippen molar-refractivity contribution in [2.45, 2.75) is 37.0 Å². The molecule has 0 fully saturated rings. The quantitative estimate of drug-likeness (QED) is 0.479. The number of carbonyl (C=O) groups is 1. The van der Waals surface area contributed by atoms with E-state index in [1.165, 1.54) is 11.1 Å². The molecule has 3 aromatic carbocycles. The highest BCUT2D eigenvalue weighted by Crippen LogP contribution is 2.36. The molecule has 0 unspecified atom stereocenters. The van der Waals surface area contributed by atoms with Gasteiger partial charge in [0, 0.05) is 33.5 Å². The molecule has 0 bridgehead atoms. The highest BCUT2D eigenvalue weighted by molar-refractivity contribution is 7.98. The molecule has 4 rings (SSSR count). The van der Waals surface area contributed by atoms with Crippen LogP contribution in [0.4, 0.5) is 5.69 Å². The van der Waals surface area contributed by atoms with E-state index >= 15 is 0 Å². The minimum Gasteiger partial charge on any atom is -0.348 e. The van der Waals surface area contributed by atoms with E-state index in [1.807, 2.05) is 42.5 Å². The molecule has 0 spiro atoms. The van der Waals surface area contributed by atoms with Crippen molar-refractivity contribution in [3.63, 3.8) is 0 Å². The Bertz CT molecular complexity index is 1110. The van der Waals surface area contributed by atoms with Gasteiger partial charge >= 0.3 is 0 Å². The molecule has 0 aliphatic carbocycles. The first-order chi connectivity index (χ1) is 14.7. The molecule has 0 radical (unpaired) electrons. The summed E-state index contributed by atoms with van der Waals surface area (Å²) < 4.78 is 0. The van der Waals surface area contributed by atoms with E-state index in [0.717, 1.165) is 40.5 Å². The maximum Gasteiger partial charge on any atom is 0.251 e. The van der Waals surface area contributed by atoms with Crippen LogP contribution in [0.1, 0.15) is 46.8 Å². The topological polar surface area (TPSA) is 41.5 Å². The van der Waals surface area contributed by atoms with Gasteiger partial charge in [-0.1, -0.05) is 67.4 Å². The summed E-state index contributed by atoms with van der Waals surface area (Å²) >= 11 is 7.96. The van der Waals surface area contributed by atoms with Gasteiger partial charge in [-0.15, -0.1) is 11.8 Å². The number of nitrogens with one attached hydrogen (secondary N) is 1. The highest BCUT2D eigenvalue weighted by atomic mass is 35.5. The van der Waals surface area contributed by atoms with Crippen LogP contribution in [0.25, 0.3) is 0 Å². The van der Waals surface area contributed by atoms with Crippen LogP contribution >= 0.6 is 23.4 Å². The second-order valence-electron chi connectivity index (χ2n) is 7.21. The Morgan fingerprint density at radius 3 is 2.73 bits per heavy atom. The molecule has 0 atom stereocenters. The molecule has 3 nitrogen and oxygen atoms in total. The van der Waals surface area contributed by atoms with E-state index in [0.29, 0.717) is 17.1 Å². The van der Waals surface area contributed by atoms with Gasteiger partial charge in [0.25, 0.3) is 5.91 Å². The number of nitrogens with zero attached hydrogens (tertiary/aromatic N) is 1. The lowest BCUT2D eigenvalue weighted by atomic mass is 10.0. The lowest BCUT2D eigenvalue weighted by Crippen LogP contribution is -2.22. The first-order valence-corrected chi connectivity index (χ1v) is 11.5. The van der Waals surface area contributed by atoms with Crippen molar-refractivity contribution in [2.24, 2.45) is 4.99 Å². The van der Waals surface area contributed by atoms with Gasteiger partial charge < -0.3 is 5.32 Å². The summed E-state index contributed by atoms with van der Waals surface area (Å²) in [6, 6.07) is 21.8. The molecule has 1 N–H and O–H groups in total. The fourth-order valence-corrected chi connectivity index (χ4v) is 4.69. The molecule has 3 aromatic rings. The summed E-state index contributed by atoms with van der Waals surface area (Å²) in [5.41, 5.74) is 5.98. The Morgan fingerprint density at radius 2 is 1.90 bits per heavy atom. The number of rotatable bonds is 5. The van der Waals surface area contributed by atoms with E-state index in [-0.39, 0.29) is 5.91 Å². The largest absolute Gasteiger partial charge is 0.348 e. The zero-order valence-electron chi connectivity index (χ0n) is 16.8. The fraction of sp³-hybridized carbons (Fsp3) is 0.200. The number of amides is 1. The summed E-state index contributed by atoms with van der Waals surface area (Å²) in [4.78, 5) is 18.9. The standard InChI is InChI=1S/C25H23ClN2OS/c1-2-7-22-20-10-5-3-9-19(20)16-30-24-13-12-17(14-23(24)28-22)25(29)27-15-18-8-4-6-11-21(18)26/h3-6,8-14H,2,7,15-16H2,1H3,(H,27,29). The van der Waals surface area contributed by atoms with Gasteiger partial charge in [-0.25, -0.2) is 0 Å². The summed E-state index contributed by atoms with van der Waals surface area (Å²) in [5.74, 6) is 0.765. The number of aliphatic imine (C=N–C) groups is 1. The van der Waals surface area contributed by atoms with E-state index in [9.17, 15) is 4.79 Å². The average Bonchev–Trinajstić information content (AvgIpc) is 2.76. The second kappa shape index (κ2) is 9.50. The number of fused-ring (bicyclic) bond motifs is 2. The van der Waals surface area contributed by atoms with Gasteiger partial charge in [0.15, 0.2) is 0 Å². The van der Waals surface area contributed by atoms with Crippen molar-refractivity contribution in [1.82, 2.24) is 5.32 Å². The van der Waals surface area contributed by atoms with Gasteiger partial charge in [-0.05, 0) is 47.4 Å². The minimum atomic E-state index is -0.127. The summed E-state index contributed by atoms with van der Waals surface area (Å²) in [6.07, 6.45) is 1.93. The fourth-order valence-electron chi connectivity index (χ4n) is 3.50. The van der Waals surface area contributed by atoms with E-state index < -0.39 is 0 Å². The van der Waals surface area contributed by atoms with Crippen molar-refractivity contribution >= 4 is 40.7 Å². The second-order valence-corrected chi connectivity index (χ2v) is 8.64. The van der Waals surface area contributed by atoms with Crippen molar-refractivity contribution in [3.05, 3.63) is 94.0 Å². The lowest BCUT2D eigenvalue weighted by molar-refractivity contribution is 0.0951. The maximum atomic E-state index is 12.8. The Morgan fingerprint density at radius 1 is 1.10 bits per heavy atom. The monoisotopic (exact) mass is 434 g/mol. The molecule has 0 saturated carbocycles. The molecule has 0 saturated heterocycles. The highest BCUT2D eigenvalue weighted by Gasteiger charge is 2.16. The molecular formula is C25H23ClN2OS. The van der Waals surface area contributed by atoms with Gasteiger partial charge in [-0.3, -0.25) is 9.79 Å². The number of hydrogen-bond acceptors (Lipinski definition) is 3. The normalized spacial score (nSPS) is 12.8. The van der Waals surface area contributed by atoms with Gasteiger partial charge in [0.1, 0.15) is 0 Å². The van der Waals surface area contributed by atoms with Crippen LogP contribution < -0.4 is 5.32 Å². The van der Waals surface area contributed by atoms with Crippen molar-refractivity contribution in [1.29, 1.82) is 0 Å². The first-order valence-electron chi connectivity index (χ1n) is 10.1. The molecule has 1 aliphatic heterocycles. The van der Waals surface area contributed by atoms with Gasteiger partial charge in [0.05, 0.1) is 5.69 Å². The van der Waals surface area contributed by atoms with Crippen LogP contribution in [-0.4, -0.2) is 11.6 Å². The van der Waals surface area contributed by atoms with E-state index in [2.05, 4.69) is 36.5 Å². The molecule has 0 aromatic heterocycles. The van der Waals surface area contributed by atoms with Crippen LogP contribution in [0.2, 0.25) is 5.02 Å². The number of hydrogen-bond donors (Lipinski definition) is 1.